The van der Waals surface area contributed by atoms with Gasteiger partial charge in [-0.3, -0.25) is 9.20 Å². The molecular weight excluding hydrogens is 361 g/mol. The number of fused-ring (bicyclic) bond motifs is 1. The standard InChI is InChI=1S/C17H25N5O.2ClH/c1-12(2)10-14(18)17(23)21-8-5-6-13(11-21)16-20-19-15-7-3-4-9-22(15)16;;/h3-4,7,9,12-14H,5-6,8,10-11,18H2,1-2H3;2*1H/t13?,14-;;/m0../s1. The largest absolute Gasteiger partial charge is 0.341 e. The Kier molecular flexibility index (Phi) is 8.12. The van der Waals surface area contributed by atoms with E-state index in [2.05, 4.69) is 24.0 Å². The number of halogens is 2. The van der Waals surface area contributed by atoms with Crippen molar-refractivity contribution >= 4 is 36.4 Å². The Morgan fingerprint density at radius 3 is 2.80 bits per heavy atom. The number of aromatic nitrogens is 3. The quantitative estimate of drug-likeness (QED) is 0.874. The summed E-state index contributed by atoms with van der Waals surface area (Å²) >= 11 is 0. The van der Waals surface area contributed by atoms with Crippen LogP contribution in [0.4, 0.5) is 0 Å². The Hall–Kier alpha value is -1.37. The van der Waals surface area contributed by atoms with Crippen molar-refractivity contribution in [1.29, 1.82) is 0 Å². The van der Waals surface area contributed by atoms with Crippen LogP contribution in [0.5, 0.6) is 0 Å². The maximum absolute atomic E-state index is 12.6. The number of carbonyl (C=O) groups is 1. The van der Waals surface area contributed by atoms with Crippen molar-refractivity contribution in [3.05, 3.63) is 30.2 Å². The van der Waals surface area contributed by atoms with Crippen LogP contribution in [0.3, 0.4) is 0 Å². The van der Waals surface area contributed by atoms with Gasteiger partial charge in [0.25, 0.3) is 0 Å². The Labute approximate surface area is 161 Å². The van der Waals surface area contributed by atoms with Crippen LogP contribution < -0.4 is 5.73 Å². The van der Waals surface area contributed by atoms with Crippen molar-refractivity contribution < 1.29 is 4.79 Å². The van der Waals surface area contributed by atoms with E-state index in [0.29, 0.717) is 12.5 Å². The lowest BCUT2D eigenvalue weighted by Crippen LogP contribution is -2.48. The highest BCUT2D eigenvalue weighted by Gasteiger charge is 2.30. The molecule has 0 radical (unpaired) electrons. The monoisotopic (exact) mass is 387 g/mol. The van der Waals surface area contributed by atoms with Gasteiger partial charge in [0.2, 0.25) is 5.91 Å². The minimum absolute atomic E-state index is 0. The number of hydrogen-bond acceptors (Lipinski definition) is 4. The second-order valence-corrected chi connectivity index (χ2v) is 6.85. The molecule has 2 aromatic rings. The molecule has 0 aromatic carbocycles. The van der Waals surface area contributed by atoms with Gasteiger partial charge < -0.3 is 10.6 Å². The lowest BCUT2D eigenvalue weighted by molar-refractivity contribution is -0.134. The summed E-state index contributed by atoms with van der Waals surface area (Å²) in [4.78, 5) is 14.5. The van der Waals surface area contributed by atoms with Gasteiger partial charge in [-0.1, -0.05) is 19.9 Å². The molecule has 2 aromatic heterocycles. The summed E-state index contributed by atoms with van der Waals surface area (Å²) in [5.74, 6) is 1.65. The summed E-state index contributed by atoms with van der Waals surface area (Å²) in [5, 5.41) is 8.57. The summed E-state index contributed by atoms with van der Waals surface area (Å²) < 4.78 is 2.02. The van der Waals surface area contributed by atoms with Crippen LogP contribution in [0.1, 0.15) is 44.9 Å². The fourth-order valence-electron chi connectivity index (χ4n) is 3.37. The van der Waals surface area contributed by atoms with Crippen molar-refractivity contribution in [2.45, 2.75) is 45.1 Å². The summed E-state index contributed by atoms with van der Waals surface area (Å²) in [6.07, 6.45) is 4.72. The number of nitrogens with two attached hydrogens (primary N) is 1. The third-order valence-electron chi connectivity index (χ3n) is 4.48. The second kappa shape index (κ2) is 9.36. The molecule has 1 saturated heterocycles. The average Bonchev–Trinajstić information content (AvgIpc) is 2.97. The van der Waals surface area contributed by atoms with Gasteiger partial charge in [-0.15, -0.1) is 35.0 Å². The second-order valence-electron chi connectivity index (χ2n) is 6.85. The van der Waals surface area contributed by atoms with Crippen molar-refractivity contribution in [3.63, 3.8) is 0 Å². The van der Waals surface area contributed by atoms with Crippen LogP contribution >= 0.6 is 24.8 Å². The Balaban J connectivity index is 0.00000156. The number of amides is 1. The van der Waals surface area contributed by atoms with E-state index in [1.54, 1.807) is 0 Å². The van der Waals surface area contributed by atoms with E-state index >= 15 is 0 Å². The number of likely N-dealkylation sites (tertiary alicyclic amines) is 1. The maximum atomic E-state index is 12.6. The molecule has 1 amide bonds. The molecule has 0 bridgehead atoms. The number of hydrogen-bond donors (Lipinski definition) is 1. The van der Waals surface area contributed by atoms with Gasteiger partial charge in [-0.25, -0.2) is 0 Å². The molecule has 0 saturated carbocycles. The molecule has 2 atom stereocenters. The van der Waals surface area contributed by atoms with Crippen LogP contribution in [0.25, 0.3) is 5.65 Å². The molecule has 1 aliphatic heterocycles. The molecule has 3 rings (SSSR count). The molecule has 1 aliphatic rings. The van der Waals surface area contributed by atoms with Gasteiger partial charge in [0.05, 0.1) is 6.04 Å². The Morgan fingerprint density at radius 2 is 2.08 bits per heavy atom. The molecule has 8 heteroatoms. The molecule has 1 fully saturated rings. The minimum Gasteiger partial charge on any atom is -0.341 e. The molecule has 1 unspecified atom stereocenters. The topological polar surface area (TPSA) is 76.5 Å². The molecular formula is C17H27Cl2N5O. The van der Waals surface area contributed by atoms with E-state index in [4.69, 9.17) is 5.73 Å². The number of nitrogens with zero attached hydrogens (tertiary/aromatic N) is 4. The van der Waals surface area contributed by atoms with Crippen LogP contribution in [-0.2, 0) is 4.79 Å². The third-order valence-corrected chi connectivity index (χ3v) is 4.48. The number of carbonyl (C=O) groups excluding carboxylic acids is 1. The molecule has 0 aliphatic carbocycles. The Bertz CT molecular complexity index is 690. The number of rotatable bonds is 4. The van der Waals surface area contributed by atoms with Crippen molar-refractivity contribution in [2.75, 3.05) is 13.1 Å². The van der Waals surface area contributed by atoms with Crippen LogP contribution in [0, 0.1) is 5.92 Å². The first kappa shape index (κ1) is 21.7. The molecule has 3 heterocycles. The van der Waals surface area contributed by atoms with Gasteiger partial charge in [0, 0.05) is 25.2 Å². The first-order chi connectivity index (χ1) is 11.1. The minimum atomic E-state index is -0.399. The number of piperidine rings is 1. The summed E-state index contributed by atoms with van der Waals surface area (Å²) in [7, 11) is 0. The van der Waals surface area contributed by atoms with Crippen LogP contribution in [0.2, 0.25) is 0 Å². The van der Waals surface area contributed by atoms with Gasteiger partial charge >= 0.3 is 0 Å². The van der Waals surface area contributed by atoms with E-state index in [1.165, 1.54) is 0 Å². The summed E-state index contributed by atoms with van der Waals surface area (Å²) in [5.41, 5.74) is 6.93. The van der Waals surface area contributed by atoms with E-state index in [0.717, 1.165) is 37.3 Å². The van der Waals surface area contributed by atoms with Crippen molar-refractivity contribution in [1.82, 2.24) is 19.5 Å². The molecule has 140 valence electrons. The zero-order chi connectivity index (χ0) is 16.4. The average molecular weight is 388 g/mol. The zero-order valence-electron chi connectivity index (χ0n) is 14.7. The first-order valence-electron chi connectivity index (χ1n) is 8.40. The highest BCUT2D eigenvalue weighted by molar-refractivity contribution is 5.85. The third kappa shape index (κ3) is 4.84. The smallest absolute Gasteiger partial charge is 0.239 e. The van der Waals surface area contributed by atoms with Crippen molar-refractivity contribution in [3.8, 4) is 0 Å². The normalized spacial score (nSPS) is 18.6. The fraction of sp³-hybridized carbons (Fsp3) is 0.588. The number of pyridine rings is 1. The van der Waals surface area contributed by atoms with Crippen molar-refractivity contribution in [2.24, 2.45) is 11.7 Å². The Morgan fingerprint density at radius 1 is 1.32 bits per heavy atom. The lowest BCUT2D eigenvalue weighted by atomic mass is 9.95. The molecule has 0 spiro atoms. The van der Waals surface area contributed by atoms with Gasteiger partial charge in [0.15, 0.2) is 5.65 Å². The van der Waals surface area contributed by atoms with Crippen LogP contribution in [0.15, 0.2) is 24.4 Å². The van der Waals surface area contributed by atoms with E-state index < -0.39 is 6.04 Å². The highest BCUT2D eigenvalue weighted by atomic mass is 35.5. The SMILES string of the molecule is CC(C)C[C@H](N)C(=O)N1CCCC(c2nnc3ccccn23)C1.Cl.Cl. The molecule has 2 N–H and O–H groups in total. The van der Waals surface area contributed by atoms with Gasteiger partial charge in [-0.2, -0.15) is 0 Å². The first-order valence-corrected chi connectivity index (χ1v) is 8.40. The van der Waals surface area contributed by atoms with E-state index in [1.807, 2.05) is 33.7 Å². The predicted molar refractivity (Wildman–Crippen MR) is 103 cm³/mol. The maximum Gasteiger partial charge on any atom is 0.239 e. The van der Waals surface area contributed by atoms with E-state index in [9.17, 15) is 4.79 Å². The molecule has 6 nitrogen and oxygen atoms in total. The van der Waals surface area contributed by atoms with Gasteiger partial charge in [0.1, 0.15) is 5.82 Å². The zero-order valence-corrected chi connectivity index (χ0v) is 16.3. The van der Waals surface area contributed by atoms with E-state index in [-0.39, 0.29) is 36.6 Å². The van der Waals surface area contributed by atoms with Gasteiger partial charge in [-0.05, 0) is 37.3 Å². The lowest BCUT2D eigenvalue weighted by Gasteiger charge is -2.33. The predicted octanol–water partition coefficient (Wildman–Crippen LogP) is 2.65. The highest BCUT2D eigenvalue weighted by Crippen LogP contribution is 2.26. The molecule has 25 heavy (non-hydrogen) atoms. The summed E-state index contributed by atoms with van der Waals surface area (Å²) in [6, 6.07) is 5.48. The fourth-order valence-corrected chi connectivity index (χ4v) is 3.37. The summed E-state index contributed by atoms with van der Waals surface area (Å²) in [6.45, 7) is 5.65. The van der Waals surface area contributed by atoms with Crippen LogP contribution in [-0.4, -0.2) is 44.5 Å².